The molecule has 8 heteroatoms. The van der Waals surface area contributed by atoms with Crippen LogP contribution in [0, 0.1) is 0 Å². The number of carboxylic acid groups (broad SMARTS) is 1. The van der Waals surface area contributed by atoms with Gasteiger partial charge in [-0.05, 0) is 11.6 Å². The molecule has 0 atom stereocenters. The molecule has 134 valence electrons. The molecule has 0 amide bonds. The third kappa shape index (κ3) is 3.18. The SMILES string of the molecule is Nc1nc2c(C(=O)O)cc(N3CCN(Cc4ccccc4)CC3)cn2n1. The van der Waals surface area contributed by atoms with Gasteiger partial charge < -0.3 is 15.7 Å². The number of aromatic carboxylic acids is 1. The zero-order valence-electron chi connectivity index (χ0n) is 14.2. The summed E-state index contributed by atoms with van der Waals surface area (Å²) < 4.78 is 1.45. The van der Waals surface area contributed by atoms with Gasteiger partial charge in [-0.3, -0.25) is 4.90 Å². The molecule has 1 aromatic carbocycles. The predicted octanol–water partition coefficient (Wildman–Crippen LogP) is 1.33. The fraction of sp³-hybridized carbons (Fsp3) is 0.278. The zero-order valence-corrected chi connectivity index (χ0v) is 14.2. The number of carbonyl (C=O) groups is 1. The molecule has 1 aliphatic rings. The number of benzene rings is 1. The van der Waals surface area contributed by atoms with Crippen LogP contribution in [0.5, 0.6) is 0 Å². The Hall–Kier alpha value is -3.13. The fourth-order valence-corrected chi connectivity index (χ4v) is 3.32. The Morgan fingerprint density at radius 2 is 1.88 bits per heavy atom. The van der Waals surface area contributed by atoms with Crippen LogP contribution in [0.25, 0.3) is 5.65 Å². The third-order valence-electron chi connectivity index (χ3n) is 4.65. The quantitative estimate of drug-likeness (QED) is 0.731. The summed E-state index contributed by atoms with van der Waals surface area (Å²) in [5.74, 6) is -0.968. The second kappa shape index (κ2) is 6.64. The normalized spacial score (nSPS) is 15.5. The lowest BCUT2D eigenvalue weighted by Gasteiger charge is -2.36. The van der Waals surface area contributed by atoms with Gasteiger partial charge in [0.15, 0.2) is 5.65 Å². The molecule has 0 unspecified atom stereocenters. The van der Waals surface area contributed by atoms with Crippen molar-refractivity contribution in [1.29, 1.82) is 0 Å². The molecular weight excluding hydrogens is 332 g/mol. The van der Waals surface area contributed by atoms with Crippen LogP contribution in [0.4, 0.5) is 11.6 Å². The van der Waals surface area contributed by atoms with Crippen molar-refractivity contribution in [3.63, 3.8) is 0 Å². The number of piperazine rings is 1. The van der Waals surface area contributed by atoms with E-state index in [0.717, 1.165) is 38.4 Å². The summed E-state index contributed by atoms with van der Waals surface area (Å²) in [4.78, 5) is 20.1. The first-order valence-corrected chi connectivity index (χ1v) is 8.50. The number of nitrogens with two attached hydrogens (primary N) is 1. The number of nitrogens with zero attached hydrogens (tertiary/aromatic N) is 5. The van der Waals surface area contributed by atoms with Crippen molar-refractivity contribution in [3.8, 4) is 0 Å². The van der Waals surface area contributed by atoms with Crippen LogP contribution in [0.1, 0.15) is 15.9 Å². The second-order valence-corrected chi connectivity index (χ2v) is 6.40. The van der Waals surface area contributed by atoms with Crippen molar-refractivity contribution in [2.24, 2.45) is 0 Å². The Morgan fingerprint density at radius 1 is 1.15 bits per heavy atom. The van der Waals surface area contributed by atoms with Crippen LogP contribution in [0.15, 0.2) is 42.6 Å². The van der Waals surface area contributed by atoms with E-state index in [9.17, 15) is 9.90 Å². The summed E-state index contributed by atoms with van der Waals surface area (Å²) in [6, 6.07) is 12.0. The van der Waals surface area contributed by atoms with Gasteiger partial charge >= 0.3 is 5.97 Å². The van der Waals surface area contributed by atoms with Gasteiger partial charge in [0.25, 0.3) is 0 Å². The van der Waals surface area contributed by atoms with Crippen molar-refractivity contribution in [2.75, 3.05) is 36.8 Å². The van der Waals surface area contributed by atoms with Crippen molar-refractivity contribution in [1.82, 2.24) is 19.5 Å². The average Bonchev–Trinajstić information content (AvgIpc) is 3.02. The molecule has 3 N–H and O–H groups in total. The Morgan fingerprint density at radius 3 is 2.58 bits per heavy atom. The van der Waals surface area contributed by atoms with Crippen LogP contribution >= 0.6 is 0 Å². The summed E-state index contributed by atoms with van der Waals surface area (Å²) in [5, 5.41) is 13.5. The molecule has 2 aromatic heterocycles. The van der Waals surface area contributed by atoms with Gasteiger partial charge in [-0.15, -0.1) is 5.10 Å². The summed E-state index contributed by atoms with van der Waals surface area (Å²) in [7, 11) is 0. The molecule has 0 bridgehead atoms. The largest absolute Gasteiger partial charge is 0.478 e. The number of aromatic nitrogens is 3. The van der Waals surface area contributed by atoms with Crippen molar-refractivity contribution in [2.45, 2.75) is 6.54 Å². The molecular formula is C18H20N6O2. The first-order chi connectivity index (χ1) is 12.6. The highest BCUT2D eigenvalue weighted by atomic mass is 16.4. The summed E-state index contributed by atoms with van der Waals surface area (Å²) in [6.07, 6.45) is 1.79. The smallest absolute Gasteiger partial charge is 0.339 e. The van der Waals surface area contributed by atoms with E-state index in [1.165, 1.54) is 10.1 Å². The molecule has 0 aliphatic carbocycles. The molecule has 0 radical (unpaired) electrons. The number of hydrogen-bond acceptors (Lipinski definition) is 6. The van der Waals surface area contributed by atoms with Gasteiger partial charge in [0.05, 0.1) is 11.9 Å². The van der Waals surface area contributed by atoms with Crippen LogP contribution in [0.3, 0.4) is 0 Å². The number of anilines is 2. The summed E-state index contributed by atoms with van der Waals surface area (Å²) >= 11 is 0. The maximum Gasteiger partial charge on any atom is 0.339 e. The van der Waals surface area contributed by atoms with E-state index in [4.69, 9.17) is 5.73 Å². The Bertz CT molecular complexity index is 932. The van der Waals surface area contributed by atoms with E-state index in [0.29, 0.717) is 0 Å². The van der Waals surface area contributed by atoms with Gasteiger partial charge in [0.2, 0.25) is 5.95 Å². The van der Waals surface area contributed by atoms with Crippen LogP contribution in [-0.4, -0.2) is 56.8 Å². The zero-order chi connectivity index (χ0) is 18.1. The van der Waals surface area contributed by atoms with Crippen molar-refractivity contribution in [3.05, 3.63) is 53.7 Å². The molecule has 3 heterocycles. The molecule has 1 saturated heterocycles. The van der Waals surface area contributed by atoms with E-state index in [1.807, 2.05) is 6.07 Å². The Kier molecular flexibility index (Phi) is 4.18. The third-order valence-corrected chi connectivity index (χ3v) is 4.65. The topological polar surface area (TPSA) is 100.0 Å². The monoisotopic (exact) mass is 352 g/mol. The van der Waals surface area contributed by atoms with E-state index < -0.39 is 5.97 Å². The molecule has 8 nitrogen and oxygen atoms in total. The molecule has 1 fully saturated rings. The maximum atomic E-state index is 11.6. The number of fused-ring (bicyclic) bond motifs is 1. The molecule has 3 aromatic rings. The summed E-state index contributed by atoms with van der Waals surface area (Å²) in [6.45, 7) is 4.39. The lowest BCUT2D eigenvalue weighted by molar-refractivity contribution is 0.0698. The van der Waals surface area contributed by atoms with Crippen molar-refractivity contribution < 1.29 is 9.90 Å². The molecule has 0 spiro atoms. The summed E-state index contributed by atoms with van der Waals surface area (Å²) in [5.41, 5.74) is 8.12. The van der Waals surface area contributed by atoms with E-state index in [-0.39, 0.29) is 17.2 Å². The first kappa shape index (κ1) is 16.3. The number of nitrogen functional groups attached to an aromatic ring is 1. The van der Waals surface area contributed by atoms with Crippen LogP contribution in [-0.2, 0) is 6.54 Å². The standard InChI is InChI=1S/C18H20N6O2/c19-18-20-16-15(17(25)26)10-14(12-24(16)21-18)23-8-6-22(7-9-23)11-13-4-2-1-3-5-13/h1-5,10,12H,6-9,11H2,(H2,19,21)(H,25,26). The minimum absolute atomic E-state index is 0.0670. The maximum absolute atomic E-state index is 11.6. The molecule has 1 aliphatic heterocycles. The highest BCUT2D eigenvalue weighted by Gasteiger charge is 2.21. The van der Waals surface area contributed by atoms with Crippen molar-refractivity contribution >= 4 is 23.3 Å². The average molecular weight is 352 g/mol. The second-order valence-electron chi connectivity index (χ2n) is 6.40. The number of rotatable bonds is 4. The molecule has 4 rings (SSSR count). The van der Waals surface area contributed by atoms with Crippen LogP contribution < -0.4 is 10.6 Å². The number of carboxylic acids is 1. The number of pyridine rings is 1. The first-order valence-electron chi connectivity index (χ1n) is 8.50. The Labute approximate surface area is 150 Å². The van der Waals surface area contributed by atoms with E-state index >= 15 is 0 Å². The van der Waals surface area contributed by atoms with Gasteiger partial charge in [-0.2, -0.15) is 4.98 Å². The van der Waals surface area contributed by atoms with Gasteiger partial charge in [0, 0.05) is 32.7 Å². The van der Waals surface area contributed by atoms with Gasteiger partial charge in [0.1, 0.15) is 5.56 Å². The molecule has 0 saturated carbocycles. The number of hydrogen-bond donors (Lipinski definition) is 2. The minimum atomic E-state index is -1.04. The van der Waals surface area contributed by atoms with E-state index in [1.54, 1.807) is 12.3 Å². The van der Waals surface area contributed by atoms with Crippen LogP contribution in [0.2, 0.25) is 0 Å². The highest BCUT2D eigenvalue weighted by Crippen LogP contribution is 2.22. The molecule has 26 heavy (non-hydrogen) atoms. The predicted molar refractivity (Wildman–Crippen MR) is 98.3 cm³/mol. The lowest BCUT2D eigenvalue weighted by atomic mass is 10.2. The van der Waals surface area contributed by atoms with Gasteiger partial charge in [-0.25, -0.2) is 9.31 Å². The lowest BCUT2D eigenvalue weighted by Crippen LogP contribution is -2.46. The highest BCUT2D eigenvalue weighted by molar-refractivity contribution is 5.95. The minimum Gasteiger partial charge on any atom is -0.478 e. The van der Waals surface area contributed by atoms with E-state index in [2.05, 4.69) is 44.1 Å². The van der Waals surface area contributed by atoms with Gasteiger partial charge in [-0.1, -0.05) is 30.3 Å². The Balaban J connectivity index is 1.51. The fourth-order valence-electron chi connectivity index (χ4n) is 3.32.